The number of nitrogens with zero attached hydrogens (tertiary/aromatic N) is 1. The molecule has 0 spiro atoms. The summed E-state index contributed by atoms with van der Waals surface area (Å²) < 4.78 is 0. The normalized spacial score (nSPS) is 19.9. The van der Waals surface area contributed by atoms with Crippen LogP contribution in [0.3, 0.4) is 0 Å². The van der Waals surface area contributed by atoms with Crippen molar-refractivity contribution in [3.8, 4) is 0 Å². The molecule has 0 fully saturated rings. The topological polar surface area (TPSA) is 28.7 Å². The van der Waals surface area contributed by atoms with Gasteiger partial charge in [-0.2, -0.15) is 5.10 Å². The Labute approximate surface area is 102 Å². The molecule has 0 saturated heterocycles. The summed E-state index contributed by atoms with van der Waals surface area (Å²) in [6.45, 7) is 6.96. The predicted molar refractivity (Wildman–Crippen MR) is 71.5 cm³/mol. The van der Waals surface area contributed by atoms with Crippen molar-refractivity contribution in [1.82, 2.24) is 10.2 Å². The summed E-state index contributed by atoms with van der Waals surface area (Å²) in [7, 11) is 0. The molecule has 3 rings (SSSR count). The largest absolute Gasteiger partial charge is 0.278 e. The first-order chi connectivity index (χ1) is 8.18. The fourth-order valence-corrected chi connectivity index (χ4v) is 3.34. The Bertz CT molecular complexity index is 551. The Balaban J connectivity index is 2.37. The van der Waals surface area contributed by atoms with Gasteiger partial charge >= 0.3 is 0 Å². The van der Waals surface area contributed by atoms with Gasteiger partial charge in [-0.05, 0) is 53.9 Å². The number of aromatic amines is 1. The van der Waals surface area contributed by atoms with E-state index in [2.05, 4.69) is 37.0 Å². The average Bonchev–Trinajstić information content (AvgIpc) is 2.73. The molecule has 0 unspecified atom stereocenters. The summed E-state index contributed by atoms with van der Waals surface area (Å²) in [5.41, 5.74) is 5.89. The first kappa shape index (κ1) is 10.8. The molecule has 2 aromatic rings. The van der Waals surface area contributed by atoms with Crippen molar-refractivity contribution in [2.75, 3.05) is 0 Å². The first-order valence-corrected chi connectivity index (χ1v) is 6.67. The standard InChI is InChI=1S/C15H20N2/c1-9(2)14-12-8-16-17-13(12)7-11-6-4-5-10(3)15(11)14/h7-10H,4-6H2,1-3H3,(H,16,17)/t10-/m1/s1. The van der Waals surface area contributed by atoms with Crippen molar-refractivity contribution in [1.29, 1.82) is 0 Å². The lowest BCUT2D eigenvalue weighted by Gasteiger charge is -2.27. The third kappa shape index (κ3) is 1.58. The molecule has 0 bridgehead atoms. The number of H-pyrrole nitrogens is 1. The highest BCUT2D eigenvalue weighted by Gasteiger charge is 2.23. The number of rotatable bonds is 1. The SMILES string of the molecule is CC(C)c1c2c(cc3[nH]ncc13)CCC[C@H]2C. The number of nitrogens with one attached hydrogen (secondary N) is 1. The molecule has 1 aromatic carbocycles. The number of aryl methyl sites for hydroxylation is 1. The van der Waals surface area contributed by atoms with Gasteiger partial charge in [-0.15, -0.1) is 0 Å². The van der Waals surface area contributed by atoms with Gasteiger partial charge < -0.3 is 0 Å². The lowest BCUT2D eigenvalue weighted by molar-refractivity contribution is 0.582. The van der Waals surface area contributed by atoms with E-state index in [0.29, 0.717) is 11.8 Å². The second-order valence-electron chi connectivity index (χ2n) is 5.64. The zero-order valence-electron chi connectivity index (χ0n) is 10.9. The van der Waals surface area contributed by atoms with Crippen molar-refractivity contribution in [3.63, 3.8) is 0 Å². The Hall–Kier alpha value is -1.31. The summed E-state index contributed by atoms with van der Waals surface area (Å²) in [6, 6.07) is 2.32. The molecule has 90 valence electrons. The molecule has 1 aliphatic carbocycles. The van der Waals surface area contributed by atoms with E-state index < -0.39 is 0 Å². The Morgan fingerprint density at radius 3 is 3.00 bits per heavy atom. The Morgan fingerprint density at radius 2 is 2.24 bits per heavy atom. The second kappa shape index (κ2) is 3.86. The summed E-state index contributed by atoms with van der Waals surface area (Å²) in [5, 5.41) is 8.67. The van der Waals surface area contributed by atoms with Gasteiger partial charge in [0.25, 0.3) is 0 Å². The van der Waals surface area contributed by atoms with Crippen LogP contribution >= 0.6 is 0 Å². The molecule has 1 aromatic heterocycles. The number of hydrogen-bond donors (Lipinski definition) is 1. The van der Waals surface area contributed by atoms with Crippen LogP contribution in [0.15, 0.2) is 12.3 Å². The van der Waals surface area contributed by atoms with Crippen molar-refractivity contribution in [2.45, 2.75) is 51.9 Å². The fraction of sp³-hybridized carbons (Fsp3) is 0.533. The van der Waals surface area contributed by atoms with Crippen molar-refractivity contribution >= 4 is 10.9 Å². The van der Waals surface area contributed by atoms with Crippen molar-refractivity contribution < 1.29 is 0 Å². The highest BCUT2D eigenvalue weighted by atomic mass is 15.1. The maximum absolute atomic E-state index is 4.22. The van der Waals surface area contributed by atoms with Gasteiger partial charge in [0.05, 0.1) is 11.7 Å². The van der Waals surface area contributed by atoms with Gasteiger partial charge in [-0.3, -0.25) is 5.10 Å². The molecule has 0 amide bonds. The molecule has 1 atom stereocenters. The minimum atomic E-state index is 0.575. The van der Waals surface area contributed by atoms with E-state index in [1.165, 1.54) is 35.7 Å². The molecular formula is C15H20N2. The van der Waals surface area contributed by atoms with Crippen LogP contribution in [-0.2, 0) is 6.42 Å². The van der Waals surface area contributed by atoms with Crippen molar-refractivity contribution in [2.24, 2.45) is 0 Å². The van der Waals surface area contributed by atoms with Gasteiger partial charge in [0.15, 0.2) is 0 Å². The predicted octanol–water partition coefficient (Wildman–Crippen LogP) is 4.13. The molecule has 0 aliphatic heterocycles. The van der Waals surface area contributed by atoms with Crippen LogP contribution in [0.2, 0.25) is 0 Å². The lowest BCUT2D eigenvalue weighted by atomic mass is 9.77. The number of fused-ring (bicyclic) bond motifs is 2. The van der Waals surface area contributed by atoms with Crippen LogP contribution in [0.5, 0.6) is 0 Å². The van der Waals surface area contributed by atoms with Crippen LogP contribution in [0.4, 0.5) is 0 Å². The maximum atomic E-state index is 4.22. The lowest BCUT2D eigenvalue weighted by Crippen LogP contribution is -2.11. The molecule has 17 heavy (non-hydrogen) atoms. The van der Waals surface area contributed by atoms with E-state index in [1.807, 2.05) is 6.20 Å². The van der Waals surface area contributed by atoms with E-state index in [9.17, 15) is 0 Å². The third-order valence-electron chi connectivity index (χ3n) is 4.07. The molecule has 0 saturated carbocycles. The van der Waals surface area contributed by atoms with Gasteiger partial charge in [-0.25, -0.2) is 0 Å². The minimum absolute atomic E-state index is 0.575. The molecular weight excluding hydrogens is 208 g/mol. The van der Waals surface area contributed by atoms with E-state index in [-0.39, 0.29) is 0 Å². The van der Waals surface area contributed by atoms with E-state index in [4.69, 9.17) is 0 Å². The van der Waals surface area contributed by atoms with Gasteiger partial charge in [-0.1, -0.05) is 20.8 Å². The van der Waals surface area contributed by atoms with Gasteiger partial charge in [0, 0.05) is 5.39 Å². The zero-order chi connectivity index (χ0) is 12.0. The van der Waals surface area contributed by atoms with Crippen LogP contribution in [-0.4, -0.2) is 10.2 Å². The smallest absolute Gasteiger partial charge is 0.0656 e. The summed E-state index contributed by atoms with van der Waals surface area (Å²) in [5.74, 6) is 1.28. The minimum Gasteiger partial charge on any atom is -0.278 e. The zero-order valence-corrected chi connectivity index (χ0v) is 10.9. The van der Waals surface area contributed by atoms with Crippen molar-refractivity contribution in [3.05, 3.63) is 29.0 Å². The Morgan fingerprint density at radius 1 is 1.41 bits per heavy atom. The maximum Gasteiger partial charge on any atom is 0.0656 e. The van der Waals surface area contributed by atoms with Crippen LogP contribution in [0.1, 0.15) is 62.1 Å². The molecule has 1 heterocycles. The van der Waals surface area contributed by atoms with E-state index in [1.54, 1.807) is 11.1 Å². The summed E-state index contributed by atoms with van der Waals surface area (Å²) in [4.78, 5) is 0. The van der Waals surface area contributed by atoms with Crippen LogP contribution < -0.4 is 0 Å². The van der Waals surface area contributed by atoms with Crippen LogP contribution in [0.25, 0.3) is 10.9 Å². The monoisotopic (exact) mass is 228 g/mol. The van der Waals surface area contributed by atoms with E-state index >= 15 is 0 Å². The quantitative estimate of drug-likeness (QED) is 0.781. The number of hydrogen-bond acceptors (Lipinski definition) is 1. The number of aromatic nitrogens is 2. The fourth-order valence-electron chi connectivity index (χ4n) is 3.34. The summed E-state index contributed by atoms with van der Waals surface area (Å²) in [6.07, 6.45) is 5.88. The molecule has 2 nitrogen and oxygen atoms in total. The molecule has 0 radical (unpaired) electrons. The van der Waals surface area contributed by atoms with E-state index in [0.717, 1.165) is 0 Å². The summed E-state index contributed by atoms with van der Waals surface area (Å²) >= 11 is 0. The van der Waals surface area contributed by atoms with Crippen LogP contribution in [0, 0.1) is 0 Å². The highest BCUT2D eigenvalue weighted by Crippen LogP contribution is 2.40. The molecule has 2 heteroatoms. The average molecular weight is 228 g/mol. The van der Waals surface area contributed by atoms with Gasteiger partial charge in [0.1, 0.15) is 0 Å². The Kier molecular flexibility index (Phi) is 2.46. The third-order valence-corrected chi connectivity index (χ3v) is 4.07. The molecule has 1 N–H and O–H groups in total. The molecule has 1 aliphatic rings. The highest BCUT2D eigenvalue weighted by molar-refractivity contribution is 5.85. The number of benzene rings is 1. The second-order valence-corrected chi connectivity index (χ2v) is 5.64. The first-order valence-electron chi connectivity index (χ1n) is 6.67. The van der Waals surface area contributed by atoms with Gasteiger partial charge in [0.2, 0.25) is 0 Å².